The van der Waals surface area contributed by atoms with Crippen LogP contribution in [0.15, 0.2) is 54.7 Å². The molecule has 0 bridgehead atoms. The molecule has 2 aromatic carbocycles. The standard InChI is InChI=1S/C22H25N4O/c1-16-7-5-11-20(16)23-19-10-6-9-17(13-19)21-15-26(25-24-21)14-18-8-3-4-12-22(18)27-2/h3-4,6-10,12-13,15-16,20,23H,5,11,14H2,1-2H3. The van der Waals surface area contributed by atoms with Gasteiger partial charge in [0.05, 0.1) is 19.9 Å². The first-order chi connectivity index (χ1) is 13.2. The predicted molar refractivity (Wildman–Crippen MR) is 108 cm³/mol. The topological polar surface area (TPSA) is 52.0 Å². The number of nitrogens with zero attached hydrogens (tertiary/aromatic N) is 3. The Balaban J connectivity index is 1.50. The van der Waals surface area contributed by atoms with Gasteiger partial charge in [0, 0.05) is 22.9 Å². The van der Waals surface area contributed by atoms with Gasteiger partial charge < -0.3 is 10.1 Å². The second-order valence-corrected chi connectivity index (χ2v) is 7.12. The molecule has 5 nitrogen and oxygen atoms in total. The number of aromatic nitrogens is 3. The van der Waals surface area contributed by atoms with Crippen LogP contribution in [0.25, 0.3) is 11.3 Å². The van der Waals surface area contributed by atoms with Crippen molar-refractivity contribution in [2.75, 3.05) is 12.4 Å². The number of ether oxygens (including phenoxy) is 1. The first-order valence-corrected chi connectivity index (χ1v) is 9.45. The molecule has 4 rings (SSSR count). The van der Waals surface area contributed by atoms with E-state index in [1.165, 1.54) is 12.8 Å². The van der Waals surface area contributed by atoms with E-state index >= 15 is 0 Å². The summed E-state index contributed by atoms with van der Waals surface area (Å²) < 4.78 is 7.27. The van der Waals surface area contributed by atoms with E-state index in [0.717, 1.165) is 28.3 Å². The van der Waals surface area contributed by atoms with E-state index in [0.29, 0.717) is 18.5 Å². The Morgan fingerprint density at radius 1 is 1.19 bits per heavy atom. The SMILES string of the molecule is COc1ccccc1Cn1cc(-c2cccc(NC3CC[CH]C3C)c2)nn1. The highest BCUT2D eigenvalue weighted by atomic mass is 16.5. The summed E-state index contributed by atoms with van der Waals surface area (Å²) in [6.45, 7) is 2.91. The molecule has 139 valence electrons. The van der Waals surface area contributed by atoms with Crippen molar-refractivity contribution in [1.82, 2.24) is 15.0 Å². The molecule has 0 amide bonds. The average molecular weight is 361 g/mol. The second-order valence-electron chi connectivity index (χ2n) is 7.12. The molecule has 1 aliphatic rings. The molecule has 3 aromatic rings. The summed E-state index contributed by atoms with van der Waals surface area (Å²) in [6, 6.07) is 16.9. The minimum atomic E-state index is 0.515. The summed E-state index contributed by atoms with van der Waals surface area (Å²) in [5, 5.41) is 12.3. The van der Waals surface area contributed by atoms with E-state index < -0.39 is 0 Å². The molecule has 0 spiro atoms. The van der Waals surface area contributed by atoms with Gasteiger partial charge in [0.2, 0.25) is 0 Å². The van der Waals surface area contributed by atoms with E-state index in [4.69, 9.17) is 4.74 Å². The Bertz CT molecular complexity index is 905. The first-order valence-electron chi connectivity index (χ1n) is 9.45. The van der Waals surface area contributed by atoms with Gasteiger partial charge in [0.1, 0.15) is 11.4 Å². The zero-order chi connectivity index (χ0) is 18.6. The molecule has 1 aliphatic carbocycles. The molecule has 0 aliphatic heterocycles. The minimum absolute atomic E-state index is 0.515. The van der Waals surface area contributed by atoms with Gasteiger partial charge in [-0.15, -0.1) is 5.10 Å². The molecule has 0 saturated heterocycles. The number of anilines is 1. The quantitative estimate of drug-likeness (QED) is 0.706. The Labute approximate surface area is 160 Å². The number of rotatable bonds is 6. The monoisotopic (exact) mass is 361 g/mol. The van der Waals surface area contributed by atoms with Gasteiger partial charge in [-0.1, -0.05) is 42.5 Å². The third kappa shape index (κ3) is 3.97. The van der Waals surface area contributed by atoms with Crippen molar-refractivity contribution in [2.45, 2.75) is 32.4 Å². The number of para-hydroxylation sites is 1. The largest absolute Gasteiger partial charge is 0.496 e. The molecular weight excluding hydrogens is 336 g/mol. The molecule has 1 radical (unpaired) electrons. The van der Waals surface area contributed by atoms with Crippen LogP contribution >= 0.6 is 0 Å². The summed E-state index contributed by atoms with van der Waals surface area (Å²) in [4.78, 5) is 0. The third-order valence-corrected chi connectivity index (χ3v) is 5.22. The molecular formula is C22H25N4O. The summed E-state index contributed by atoms with van der Waals surface area (Å²) in [5.41, 5.74) is 4.16. The maximum absolute atomic E-state index is 5.42. The highest BCUT2D eigenvalue weighted by Crippen LogP contribution is 2.28. The smallest absolute Gasteiger partial charge is 0.123 e. The maximum atomic E-state index is 5.42. The van der Waals surface area contributed by atoms with Crippen LogP contribution in [0.4, 0.5) is 5.69 Å². The number of benzene rings is 2. The Hall–Kier alpha value is -2.82. The van der Waals surface area contributed by atoms with Crippen molar-refractivity contribution in [3.8, 4) is 17.0 Å². The fraction of sp³-hybridized carbons (Fsp3) is 0.318. The summed E-state index contributed by atoms with van der Waals surface area (Å²) in [5.74, 6) is 1.47. The van der Waals surface area contributed by atoms with Crippen molar-refractivity contribution >= 4 is 5.69 Å². The van der Waals surface area contributed by atoms with Crippen LogP contribution in [0.3, 0.4) is 0 Å². The molecule has 1 heterocycles. The zero-order valence-corrected chi connectivity index (χ0v) is 15.8. The van der Waals surface area contributed by atoms with Gasteiger partial charge >= 0.3 is 0 Å². The maximum Gasteiger partial charge on any atom is 0.123 e. The Morgan fingerprint density at radius 2 is 2.07 bits per heavy atom. The Kier molecular flexibility index (Phi) is 5.10. The van der Waals surface area contributed by atoms with Gasteiger partial charge in [0.25, 0.3) is 0 Å². The van der Waals surface area contributed by atoms with Gasteiger partial charge in [-0.25, -0.2) is 4.68 Å². The van der Waals surface area contributed by atoms with Gasteiger partial charge in [-0.2, -0.15) is 0 Å². The van der Waals surface area contributed by atoms with Gasteiger partial charge in [0.15, 0.2) is 0 Å². The van der Waals surface area contributed by atoms with E-state index in [1.807, 2.05) is 35.1 Å². The summed E-state index contributed by atoms with van der Waals surface area (Å²) >= 11 is 0. The summed E-state index contributed by atoms with van der Waals surface area (Å²) in [6.07, 6.45) is 6.76. The lowest BCUT2D eigenvalue weighted by Crippen LogP contribution is -2.21. The lowest BCUT2D eigenvalue weighted by Gasteiger charge is -2.18. The second kappa shape index (κ2) is 7.82. The molecule has 5 heteroatoms. The lowest BCUT2D eigenvalue weighted by atomic mass is 10.1. The van der Waals surface area contributed by atoms with Crippen LogP contribution in [0.1, 0.15) is 25.3 Å². The fourth-order valence-electron chi connectivity index (χ4n) is 3.67. The van der Waals surface area contributed by atoms with Crippen LogP contribution in [0.2, 0.25) is 0 Å². The van der Waals surface area contributed by atoms with Crippen LogP contribution in [0.5, 0.6) is 5.75 Å². The average Bonchev–Trinajstić information content (AvgIpc) is 3.32. The Morgan fingerprint density at radius 3 is 2.89 bits per heavy atom. The summed E-state index contributed by atoms with van der Waals surface area (Å²) in [7, 11) is 1.69. The normalized spacial score (nSPS) is 19.2. The molecule has 1 aromatic heterocycles. The fourth-order valence-corrected chi connectivity index (χ4v) is 3.67. The van der Waals surface area contributed by atoms with Crippen LogP contribution < -0.4 is 10.1 Å². The highest BCUT2D eigenvalue weighted by Gasteiger charge is 2.23. The van der Waals surface area contributed by atoms with Crippen molar-refractivity contribution in [3.05, 3.63) is 66.7 Å². The van der Waals surface area contributed by atoms with Crippen molar-refractivity contribution in [3.63, 3.8) is 0 Å². The first kappa shape index (κ1) is 17.6. The van der Waals surface area contributed by atoms with Crippen molar-refractivity contribution in [1.29, 1.82) is 0 Å². The molecule has 2 atom stereocenters. The predicted octanol–water partition coefficient (Wildman–Crippen LogP) is 4.42. The molecule has 1 fully saturated rings. The van der Waals surface area contributed by atoms with E-state index in [1.54, 1.807) is 7.11 Å². The molecule has 1 N–H and O–H groups in total. The molecule has 27 heavy (non-hydrogen) atoms. The zero-order valence-electron chi connectivity index (χ0n) is 15.8. The number of hydrogen-bond donors (Lipinski definition) is 1. The van der Waals surface area contributed by atoms with Gasteiger partial charge in [-0.3, -0.25) is 0 Å². The number of methoxy groups -OCH3 is 1. The number of hydrogen-bond acceptors (Lipinski definition) is 4. The lowest BCUT2D eigenvalue weighted by molar-refractivity contribution is 0.407. The third-order valence-electron chi connectivity index (χ3n) is 5.22. The van der Waals surface area contributed by atoms with Crippen molar-refractivity contribution in [2.24, 2.45) is 5.92 Å². The van der Waals surface area contributed by atoms with E-state index in [2.05, 4.69) is 53.2 Å². The van der Waals surface area contributed by atoms with Crippen LogP contribution in [-0.4, -0.2) is 28.1 Å². The molecule has 2 unspecified atom stereocenters. The molecule has 1 saturated carbocycles. The van der Waals surface area contributed by atoms with Crippen LogP contribution in [-0.2, 0) is 6.54 Å². The number of nitrogens with one attached hydrogen (secondary N) is 1. The highest BCUT2D eigenvalue weighted by molar-refractivity contribution is 5.64. The van der Waals surface area contributed by atoms with E-state index in [9.17, 15) is 0 Å². The van der Waals surface area contributed by atoms with E-state index in [-0.39, 0.29) is 0 Å². The van der Waals surface area contributed by atoms with Gasteiger partial charge in [-0.05, 0) is 43.4 Å². The van der Waals surface area contributed by atoms with Crippen LogP contribution in [0, 0.1) is 12.3 Å². The minimum Gasteiger partial charge on any atom is -0.496 e. The van der Waals surface area contributed by atoms with Crippen molar-refractivity contribution < 1.29 is 4.74 Å².